The molecule has 1 atom stereocenters. The fourth-order valence-electron chi connectivity index (χ4n) is 1.35. The van der Waals surface area contributed by atoms with E-state index in [2.05, 4.69) is 37.4 Å². The lowest BCUT2D eigenvalue weighted by Gasteiger charge is -2.34. The molecule has 0 N–H and O–H groups in total. The second-order valence-electron chi connectivity index (χ2n) is 3.85. The first kappa shape index (κ1) is 13.9. The molecule has 0 aromatic carbocycles. The van der Waals surface area contributed by atoms with Gasteiger partial charge in [0.2, 0.25) is 0 Å². The Kier molecular flexibility index (Phi) is 7.73. The van der Waals surface area contributed by atoms with Crippen molar-refractivity contribution in [2.24, 2.45) is 4.99 Å². The zero-order valence-electron chi connectivity index (χ0n) is 12.0. The normalized spacial score (nSPS) is 15.1. The molecule has 0 aromatic heterocycles. The van der Waals surface area contributed by atoms with Crippen LogP contribution in [0.2, 0.25) is 0 Å². The average Bonchev–Trinajstić information content (AvgIpc) is 2.24. The van der Waals surface area contributed by atoms with Gasteiger partial charge in [-0.15, -0.1) is 0 Å². The predicted octanol–water partition coefficient (Wildman–Crippen LogP) is 3.43. The number of hydrogen-bond acceptors (Lipinski definition) is 4. The smallest absolute Gasteiger partial charge is 0.322 e. The highest BCUT2D eigenvalue weighted by molar-refractivity contribution is 7.45. The van der Waals surface area contributed by atoms with Gasteiger partial charge >= 0.3 is 8.53 Å². The molecule has 0 radical (unpaired) electrons. The molecule has 96 valence electrons. The van der Waals surface area contributed by atoms with Gasteiger partial charge in [-0.3, -0.25) is 4.99 Å². The van der Waals surface area contributed by atoms with Crippen molar-refractivity contribution in [2.45, 2.75) is 53.6 Å². The van der Waals surface area contributed by atoms with Crippen molar-refractivity contribution >= 4 is 14.9 Å². The molecule has 0 rings (SSSR count). The quantitative estimate of drug-likeness (QED) is 0.375. The summed E-state index contributed by atoms with van der Waals surface area (Å²) < 4.78 is 20.5. The van der Waals surface area contributed by atoms with Crippen LogP contribution in [-0.2, 0) is 9.05 Å². The van der Waals surface area contributed by atoms with E-state index in [1.807, 2.05) is 6.92 Å². The van der Waals surface area contributed by atoms with E-state index in [0.29, 0.717) is 25.2 Å². The molecule has 1 unspecified atom stereocenters. The summed E-state index contributed by atoms with van der Waals surface area (Å²) in [4.78, 5) is 4.04. The molecule has 0 spiro atoms. The van der Waals surface area contributed by atoms with E-state index in [9.17, 15) is 0 Å². The number of nitrogens with zero attached hydrogens (tertiary/aromatic N) is 2. The van der Waals surface area contributed by atoms with Gasteiger partial charge in [0.05, 0.1) is 6.61 Å². The molecule has 0 saturated carbocycles. The lowest BCUT2D eigenvalue weighted by atomic mass is 10.3. The van der Waals surface area contributed by atoms with Gasteiger partial charge in [0.1, 0.15) is 0 Å². The van der Waals surface area contributed by atoms with Crippen molar-refractivity contribution in [3.63, 3.8) is 0 Å². The van der Waals surface area contributed by atoms with Crippen LogP contribution in [0.25, 0.3) is 0 Å². The molecule has 0 aromatic rings. The molecule has 5 heteroatoms. The average molecular weight is 249 g/mol. The Morgan fingerprint density at radius 3 is 2.44 bits per heavy atom. The molecule has 0 aliphatic rings. The molecule has 0 saturated heterocycles. The first-order chi connectivity index (χ1) is 8.04. The summed E-state index contributed by atoms with van der Waals surface area (Å²) in [5.74, 6) is 0. The largest absolute Gasteiger partial charge is 0.425 e. The monoisotopic (exact) mass is 249 g/mol. The van der Waals surface area contributed by atoms with E-state index in [4.69, 9.17) is 10.4 Å². The van der Waals surface area contributed by atoms with Crippen molar-refractivity contribution < 1.29 is 10.4 Å². The Bertz CT molecular complexity index is 208. The van der Waals surface area contributed by atoms with Crippen LogP contribution in [0.5, 0.6) is 0 Å². The minimum absolute atomic E-state index is 0.247. The Labute approximate surface area is 102 Å². The fraction of sp³-hybridized carbons (Fsp3) is 0.909. The molecule has 0 fully saturated rings. The van der Waals surface area contributed by atoms with Crippen molar-refractivity contribution in [1.82, 2.24) is 4.67 Å². The molecule has 16 heavy (non-hydrogen) atoms. The predicted molar refractivity (Wildman–Crippen MR) is 70.8 cm³/mol. The van der Waals surface area contributed by atoms with E-state index >= 15 is 0 Å². The molecule has 0 aliphatic carbocycles. The van der Waals surface area contributed by atoms with Gasteiger partial charge in [-0.05, 0) is 41.5 Å². The van der Waals surface area contributed by atoms with Crippen LogP contribution in [0.3, 0.4) is 0 Å². The number of hydrogen-bond donors (Lipinski definition) is 0. The highest BCUT2D eigenvalue weighted by atomic mass is 31.2. The minimum atomic E-state index is -1.16. The summed E-state index contributed by atoms with van der Waals surface area (Å²) in [6, 6.07) is 0.670. The standard InChI is InChI=1S/C11H25N2O2P/c1-7-12-9-15-16(14-8-2)13(10(3)4)11(5)6/h9-11H,7-8H2,1-6H3/i2D. The van der Waals surface area contributed by atoms with Gasteiger partial charge in [0, 0.05) is 20.0 Å². The molecule has 4 nitrogen and oxygen atoms in total. The second kappa shape index (κ2) is 8.91. The number of aliphatic imine (C=N–C) groups is 1. The third-order valence-corrected chi connectivity index (χ3v) is 3.82. The molecular weight excluding hydrogens is 223 g/mol. The van der Waals surface area contributed by atoms with Crippen LogP contribution in [0, 0.1) is 0 Å². The topological polar surface area (TPSA) is 34.1 Å². The van der Waals surface area contributed by atoms with Gasteiger partial charge in [0.15, 0.2) is 6.40 Å². The first-order valence-electron chi connectivity index (χ1n) is 6.40. The van der Waals surface area contributed by atoms with Gasteiger partial charge in [-0.25, -0.2) is 4.67 Å². The highest BCUT2D eigenvalue weighted by Gasteiger charge is 2.27. The Hall–Kier alpha value is -0.180. The highest BCUT2D eigenvalue weighted by Crippen LogP contribution is 2.44. The fourth-order valence-corrected chi connectivity index (χ4v) is 2.71. The van der Waals surface area contributed by atoms with Crippen molar-refractivity contribution in [3.05, 3.63) is 0 Å². The van der Waals surface area contributed by atoms with Crippen LogP contribution in [0.1, 0.15) is 42.9 Å². The Morgan fingerprint density at radius 2 is 2.00 bits per heavy atom. The summed E-state index contributed by atoms with van der Waals surface area (Å²) >= 11 is 0. The van der Waals surface area contributed by atoms with Gasteiger partial charge in [0.25, 0.3) is 0 Å². The van der Waals surface area contributed by atoms with E-state index < -0.39 is 8.53 Å². The van der Waals surface area contributed by atoms with E-state index in [0.717, 1.165) is 0 Å². The van der Waals surface area contributed by atoms with E-state index in [1.54, 1.807) is 0 Å². The Morgan fingerprint density at radius 1 is 1.38 bits per heavy atom. The first-order valence-corrected chi connectivity index (χ1v) is 6.83. The zero-order valence-corrected chi connectivity index (χ0v) is 11.9. The maximum Gasteiger partial charge on any atom is 0.322 e. The summed E-state index contributed by atoms with van der Waals surface area (Å²) in [6.07, 6.45) is 1.47. The summed E-state index contributed by atoms with van der Waals surface area (Å²) in [5, 5.41) is 0. The third-order valence-electron chi connectivity index (χ3n) is 1.84. The minimum Gasteiger partial charge on any atom is -0.425 e. The lowest BCUT2D eigenvalue weighted by molar-refractivity contribution is 0.223. The van der Waals surface area contributed by atoms with Gasteiger partial charge in [-0.2, -0.15) is 0 Å². The van der Waals surface area contributed by atoms with Crippen LogP contribution in [-0.4, -0.2) is 36.3 Å². The molecule has 0 bridgehead atoms. The van der Waals surface area contributed by atoms with Crippen LogP contribution in [0.4, 0.5) is 0 Å². The maximum absolute atomic E-state index is 7.14. The summed E-state index contributed by atoms with van der Waals surface area (Å²) in [5.41, 5.74) is 0. The molecule has 0 aliphatic heterocycles. The Balaban J connectivity index is 4.54. The molecular formula is C11H25N2O2P. The van der Waals surface area contributed by atoms with Gasteiger partial charge in [-0.1, -0.05) is 0 Å². The van der Waals surface area contributed by atoms with Crippen LogP contribution in [0.15, 0.2) is 4.99 Å². The SMILES string of the molecule is [2H]CCOP(OC=NCC)N(C(C)C)C(C)C. The molecule has 0 amide bonds. The van der Waals surface area contributed by atoms with Crippen molar-refractivity contribution in [2.75, 3.05) is 13.2 Å². The third kappa shape index (κ3) is 5.78. The summed E-state index contributed by atoms with van der Waals surface area (Å²) in [6.45, 7) is 11.7. The van der Waals surface area contributed by atoms with Crippen molar-refractivity contribution in [1.29, 1.82) is 0 Å². The second-order valence-corrected chi connectivity index (χ2v) is 5.25. The lowest BCUT2D eigenvalue weighted by Crippen LogP contribution is -2.33. The van der Waals surface area contributed by atoms with E-state index in [-0.39, 0.29) is 6.90 Å². The number of rotatable bonds is 8. The van der Waals surface area contributed by atoms with E-state index in [1.165, 1.54) is 6.40 Å². The van der Waals surface area contributed by atoms with Crippen LogP contribution >= 0.6 is 8.53 Å². The zero-order chi connectivity index (χ0) is 13.3. The summed E-state index contributed by atoms with van der Waals surface area (Å²) in [7, 11) is -1.16. The molecule has 0 heterocycles. The van der Waals surface area contributed by atoms with Crippen LogP contribution < -0.4 is 0 Å². The maximum atomic E-state index is 7.14. The van der Waals surface area contributed by atoms with Gasteiger partial charge < -0.3 is 9.05 Å². The van der Waals surface area contributed by atoms with Crippen molar-refractivity contribution in [3.8, 4) is 0 Å².